The highest BCUT2D eigenvalue weighted by Crippen LogP contribution is 2.28. The predicted octanol–water partition coefficient (Wildman–Crippen LogP) is 4.71. The topological polar surface area (TPSA) is 57.0 Å². The number of alkyl halides is 2. The molecule has 1 aromatic heterocycles. The van der Waals surface area contributed by atoms with Gasteiger partial charge in [0.15, 0.2) is 16.8 Å². The second-order valence-electron chi connectivity index (χ2n) is 5.46. The Bertz CT molecular complexity index is 948. The molecule has 9 heteroatoms. The van der Waals surface area contributed by atoms with Crippen molar-refractivity contribution in [1.82, 2.24) is 14.8 Å². The van der Waals surface area contributed by atoms with Crippen molar-refractivity contribution in [2.24, 2.45) is 7.05 Å². The molecule has 140 valence electrons. The molecule has 0 amide bonds. The molecule has 0 bridgehead atoms. The number of ketones is 1. The van der Waals surface area contributed by atoms with Crippen molar-refractivity contribution in [3.63, 3.8) is 0 Å². The standard InChI is InChI=1S/C18H14ClF2N3O2S/c1-24-16(13-4-2-3-5-14(13)19)22-23-18(24)27-10-15(25)11-6-8-12(9-7-11)26-17(20)21/h2-9,17H,10H2,1H3. The lowest BCUT2D eigenvalue weighted by Crippen LogP contribution is -2.05. The van der Waals surface area contributed by atoms with Gasteiger partial charge < -0.3 is 9.30 Å². The van der Waals surface area contributed by atoms with Crippen LogP contribution >= 0.6 is 23.4 Å². The second kappa shape index (κ2) is 8.49. The van der Waals surface area contributed by atoms with E-state index in [1.165, 1.54) is 36.0 Å². The molecule has 1 heterocycles. The average molecular weight is 410 g/mol. The van der Waals surface area contributed by atoms with Crippen molar-refractivity contribution in [2.75, 3.05) is 5.75 Å². The average Bonchev–Trinajstić information content (AvgIpc) is 3.01. The van der Waals surface area contributed by atoms with E-state index in [9.17, 15) is 13.6 Å². The van der Waals surface area contributed by atoms with Crippen LogP contribution in [-0.4, -0.2) is 32.9 Å². The Hall–Kier alpha value is -2.45. The van der Waals surface area contributed by atoms with E-state index in [0.717, 1.165) is 5.56 Å². The van der Waals surface area contributed by atoms with Crippen LogP contribution in [0.3, 0.4) is 0 Å². The van der Waals surface area contributed by atoms with Gasteiger partial charge in [0, 0.05) is 18.2 Å². The molecule has 0 N–H and O–H groups in total. The smallest absolute Gasteiger partial charge is 0.387 e. The molecule has 3 aromatic rings. The number of rotatable bonds is 7. The van der Waals surface area contributed by atoms with Gasteiger partial charge in [0.2, 0.25) is 0 Å². The molecular weight excluding hydrogens is 396 g/mol. The fourth-order valence-electron chi connectivity index (χ4n) is 2.35. The van der Waals surface area contributed by atoms with Crippen LogP contribution in [0.15, 0.2) is 53.7 Å². The molecule has 2 aromatic carbocycles. The minimum atomic E-state index is -2.90. The maximum Gasteiger partial charge on any atom is 0.387 e. The molecule has 0 spiro atoms. The second-order valence-corrected chi connectivity index (χ2v) is 6.81. The van der Waals surface area contributed by atoms with Gasteiger partial charge in [-0.1, -0.05) is 35.5 Å². The number of hydrogen-bond donors (Lipinski definition) is 0. The van der Waals surface area contributed by atoms with E-state index < -0.39 is 6.61 Å². The molecule has 0 aliphatic carbocycles. The van der Waals surface area contributed by atoms with Gasteiger partial charge >= 0.3 is 6.61 Å². The van der Waals surface area contributed by atoms with Crippen LogP contribution in [0.1, 0.15) is 10.4 Å². The fraction of sp³-hybridized carbons (Fsp3) is 0.167. The summed E-state index contributed by atoms with van der Waals surface area (Å²) in [5.41, 5.74) is 1.15. The normalized spacial score (nSPS) is 11.0. The van der Waals surface area contributed by atoms with Gasteiger partial charge in [-0.25, -0.2) is 0 Å². The van der Waals surface area contributed by atoms with Gasteiger partial charge in [-0.15, -0.1) is 10.2 Å². The first-order valence-electron chi connectivity index (χ1n) is 7.81. The highest BCUT2D eigenvalue weighted by atomic mass is 35.5. The lowest BCUT2D eigenvalue weighted by molar-refractivity contribution is -0.0498. The molecule has 0 fully saturated rings. The Morgan fingerprint density at radius 1 is 1.19 bits per heavy atom. The lowest BCUT2D eigenvalue weighted by Gasteiger charge is -2.06. The number of carbonyl (C=O) groups excluding carboxylic acids is 1. The maximum atomic E-state index is 12.3. The van der Waals surface area contributed by atoms with Crippen molar-refractivity contribution in [3.05, 3.63) is 59.1 Å². The third kappa shape index (κ3) is 4.64. The maximum absolute atomic E-state index is 12.3. The monoisotopic (exact) mass is 409 g/mol. The van der Waals surface area contributed by atoms with Crippen molar-refractivity contribution in [3.8, 4) is 17.1 Å². The van der Waals surface area contributed by atoms with E-state index >= 15 is 0 Å². The molecule has 3 rings (SSSR count). The number of Topliss-reactive ketones (excluding diaryl/α,β-unsaturated/α-hetero) is 1. The molecule has 0 saturated carbocycles. The first-order chi connectivity index (χ1) is 13.0. The third-order valence-electron chi connectivity index (χ3n) is 3.68. The summed E-state index contributed by atoms with van der Waals surface area (Å²) in [5, 5.41) is 9.38. The molecule has 27 heavy (non-hydrogen) atoms. The van der Waals surface area contributed by atoms with Gasteiger partial charge in [0.25, 0.3) is 0 Å². The number of hydrogen-bond acceptors (Lipinski definition) is 5. The summed E-state index contributed by atoms with van der Waals surface area (Å²) < 4.78 is 30.3. The van der Waals surface area contributed by atoms with E-state index in [1.54, 1.807) is 17.7 Å². The Labute approximate surface area is 163 Å². The molecule has 5 nitrogen and oxygen atoms in total. The number of carbonyl (C=O) groups is 1. The van der Waals surface area contributed by atoms with Crippen molar-refractivity contribution < 1.29 is 18.3 Å². The Kier molecular flexibility index (Phi) is 6.08. The Balaban J connectivity index is 1.67. The number of ether oxygens (including phenoxy) is 1. The van der Waals surface area contributed by atoms with Crippen molar-refractivity contribution >= 4 is 29.1 Å². The lowest BCUT2D eigenvalue weighted by atomic mass is 10.1. The molecule has 0 saturated heterocycles. The van der Waals surface area contributed by atoms with Gasteiger partial charge in [-0.3, -0.25) is 4.79 Å². The number of nitrogens with zero attached hydrogens (tertiary/aromatic N) is 3. The summed E-state index contributed by atoms with van der Waals surface area (Å²) in [5.74, 6) is 0.575. The molecule has 0 radical (unpaired) electrons. The summed E-state index contributed by atoms with van der Waals surface area (Å²) in [6.45, 7) is -2.90. The first kappa shape index (κ1) is 19.3. The van der Waals surface area contributed by atoms with E-state index in [0.29, 0.717) is 21.6 Å². The van der Waals surface area contributed by atoms with Gasteiger partial charge in [0.1, 0.15) is 5.75 Å². The first-order valence-corrected chi connectivity index (χ1v) is 9.17. The summed E-state index contributed by atoms with van der Waals surface area (Å²) in [6.07, 6.45) is 0. The van der Waals surface area contributed by atoms with Crippen LogP contribution in [0.5, 0.6) is 5.75 Å². The molecular formula is C18H14ClF2N3O2S. The van der Waals surface area contributed by atoms with E-state index in [1.807, 2.05) is 18.2 Å². The predicted molar refractivity (Wildman–Crippen MR) is 99.6 cm³/mol. The largest absolute Gasteiger partial charge is 0.435 e. The summed E-state index contributed by atoms with van der Waals surface area (Å²) >= 11 is 7.42. The zero-order valence-corrected chi connectivity index (χ0v) is 15.7. The Morgan fingerprint density at radius 3 is 2.56 bits per heavy atom. The van der Waals surface area contributed by atoms with Crippen LogP contribution in [-0.2, 0) is 7.05 Å². The van der Waals surface area contributed by atoms with E-state index in [2.05, 4.69) is 14.9 Å². The number of aromatic nitrogens is 3. The molecule has 0 unspecified atom stereocenters. The number of thioether (sulfide) groups is 1. The summed E-state index contributed by atoms with van der Waals surface area (Å²) in [6, 6.07) is 12.9. The van der Waals surface area contributed by atoms with Crippen LogP contribution in [0, 0.1) is 0 Å². The number of benzene rings is 2. The zero-order valence-electron chi connectivity index (χ0n) is 14.1. The van der Waals surface area contributed by atoms with E-state index in [-0.39, 0.29) is 17.3 Å². The number of halogens is 3. The van der Waals surface area contributed by atoms with Crippen LogP contribution < -0.4 is 4.74 Å². The van der Waals surface area contributed by atoms with Crippen molar-refractivity contribution in [1.29, 1.82) is 0 Å². The minimum Gasteiger partial charge on any atom is -0.435 e. The van der Waals surface area contributed by atoms with Crippen LogP contribution in [0.2, 0.25) is 5.02 Å². The summed E-state index contributed by atoms with van der Waals surface area (Å²) in [4.78, 5) is 12.3. The van der Waals surface area contributed by atoms with Gasteiger partial charge in [0.05, 0.1) is 10.8 Å². The quantitative estimate of drug-likeness (QED) is 0.417. The third-order valence-corrected chi connectivity index (χ3v) is 5.03. The Morgan fingerprint density at radius 2 is 1.89 bits per heavy atom. The zero-order chi connectivity index (χ0) is 19.4. The summed E-state index contributed by atoms with van der Waals surface area (Å²) in [7, 11) is 1.79. The van der Waals surface area contributed by atoms with Gasteiger partial charge in [-0.05, 0) is 36.4 Å². The van der Waals surface area contributed by atoms with E-state index in [4.69, 9.17) is 11.6 Å². The molecule has 0 aliphatic heterocycles. The molecule has 0 aliphatic rings. The fourth-order valence-corrected chi connectivity index (χ4v) is 3.38. The van der Waals surface area contributed by atoms with Crippen LogP contribution in [0.4, 0.5) is 8.78 Å². The minimum absolute atomic E-state index is 0.00638. The highest BCUT2D eigenvalue weighted by Gasteiger charge is 2.15. The SMILES string of the molecule is Cn1c(SCC(=O)c2ccc(OC(F)F)cc2)nnc1-c1ccccc1Cl. The van der Waals surface area contributed by atoms with Crippen LogP contribution in [0.25, 0.3) is 11.4 Å². The van der Waals surface area contributed by atoms with Crippen molar-refractivity contribution in [2.45, 2.75) is 11.8 Å². The van der Waals surface area contributed by atoms with Gasteiger partial charge in [-0.2, -0.15) is 8.78 Å². The molecule has 0 atom stereocenters. The highest BCUT2D eigenvalue weighted by molar-refractivity contribution is 7.99.